The molecule has 174 valence electrons. The molecular weight excluding hydrogens is 434 g/mol. The van der Waals surface area contributed by atoms with Crippen molar-refractivity contribution >= 4 is 11.9 Å². The number of hydrogen-bond acceptors (Lipinski definition) is 7. The van der Waals surface area contributed by atoms with Crippen LogP contribution in [0.1, 0.15) is 18.4 Å². The minimum absolute atomic E-state index is 0.151. The molecule has 2 fully saturated rings. The standard InChI is InChI=1S/C18H22FN5O.C2HF3O2/c19-16-11-21-17(22-12-16)24-8-9-25-18(14-24)3-6-23(7-4-18)13-15-2-1-5-20-10-15;3-2(4,5)1(6)7/h1-2,5,10-12H,3-4,6-9,13-14H2;(H,6,7). The van der Waals surface area contributed by atoms with Crippen molar-refractivity contribution in [2.45, 2.75) is 31.2 Å². The summed E-state index contributed by atoms with van der Waals surface area (Å²) in [5.74, 6) is -2.58. The molecule has 2 saturated heterocycles. The number of alkyl halides is 3. The molecule has 0 bridgehead atoms. The molecule has 8 nitrogen and oxygen atoms in total. The van der Waals surface area contributed by atoms with E-state index < -0.39 is 18.0 Å². The van der Waals surface area contributed by atoms with Gasteiger partial charge in [0.05, 0.1) is 31.1 Å². The van der Waals surface area contributed by atoms with Gasteiger partial charge in [-0.1, -0.05) is 6.07 Å². The quantitative estimate of drug-likeness (QED) is 0.704. The van der Waals surface area contributed by atoms with Crippen LogP contribution in [-0.2, 0) is 16.1 Å². The topological polar surface area (TPSA) is 91.7 Å². The van der Waals surface area contributed by atoms with Crippen LogP contribution in [0.5, 0.6) is 0 Å². The van der Waals surface area contributed by atoms with Gasteiger partial charge in [-0.15, -0.1) is 0 Å². The second kappa shape index (κ2) is 10.2. The third kappa shape index (κ3) is 6.57. The summed E-state index contributed by atoms with van der Waals surface area (Å²) in [5.41, 5.74) is 1.09. The number of hydrogen-bond donors (Lipinski definition) is 1. The van der Waals surface area contributed by atoms with Gasteiger partial charge < -0.3 is 14.7 Å². The molecule has 1 N–H and O–H groups in total. The fraction of sp³-hybridized carbons (Fsp3) is 0.500. The summed E-state index contributed by atoms with van der Waals surface area (Å²) >= 11 is 0. The van der Waals surface area contributed by atoms with E-state index >= 15 is 0 Å². The summed E-state index contributed by atoms with van der Waals surface area (Å²) in [7, 11) is 0. The van der Waals surface area contributed by atoms with Crippen molar-refractivity contribution in [1.82, 2.24) is 19.9 Å². The molecule has 0 amide bonds. The second-order valence-corrected chi connectivity index (χ2v) is 7.59. The van der Waals surface area contributed by atoms with Gasteiger partial charge in [-0.3, -0.25) is 9.88 Å². The molecule has 0 aliphatic carbocycles. The van der Waals surface area contributed by atoms with E-state index in [1.54, 1.807) is 6.20 Å². The number of morpholine rings is 1. The number of nitrogens with zero attached hydrogens (tertiary/aromatic N) is 5. The van der Waals surface area contributed by atoms with Crippen molar-refractivity contribution < 1.29 is 32.2 Å². The van der Waals surface area contributed by atoms with E-state index in [9.17, 15) is 17.6 Å². The van der Waals surface area contributed by atoms with E-state index in [1.807, 2.05) is 12.3 Å². The maximum Gasteiger partial charge on any atom is 0.490 e. The number of ether oxygens (including phenoxy) is 1. The number of carboxylic acid groups (broad SMARTS) is 1. The highest BCUT2D eigenvalue weighted by Crippen LogP contribution is 2.31. The Morgan fingerprint density at radius 1 is 1.16 bits per heavy atom. The van der Waals surface area contributed by atoms with Crippen molar-refractivity contribution in [3.63, 3.8) is 0 Å². The van der Waals surface area contributed by atoms with Crippen LogP contribution in [0, 0.1) is 5.82 Å². The van der Waals surface area contributed by atoms with Crippen LogP contribution >= 0.6 is 0 Å². The van der Waals surface area contributed by atoms with E-state index in [4.69, 9.17) is 14.6 Å². The van der Waals surface area contributed by atoms with Crippen LogP contribution in [0.15, 0.2) is 36.9 Å². The van der Waals surface area contributed by atoms with Gasteiger partial charge in [-0.2, -0.15) is 13.2 Å². The van der Waals surface area contributed by atoms with Crippen molar-refractivity contribution in [2.75, 3.05) is 37.7 Å². The molecule has 0 saturated carbocycles. The molecule has 0 aromatic carbocycles. The predicted molar refractivity (Wildman–Crippen MR) is 105 cm³/mol. The maximum atomic E-state index is 13.0. The summed E-state index contributed by atoms with van der Waals surface area (Å²) in [4.78, 5) is 25.9. The third-order valence-corrected chi connectivity index (χ3v) is 5.28. The summed E-state index contributed by atoms with van der Waals surface area (Å²) in [5, 5.41) is 7.12. The lowest BCUT2D eigenvalue weighted by Crippen LogP contribution is -2.57. The first-order valence-corrected chi connectivity index (χ1v) is 9.95. The molecule has 0 unspecified atom stereocenters. The summed E-state index contributed by atoms with van der Waals surface area (Å²) < 4.78 is 51.0. The number of carboxylic acids is 1. The molecule has 0 radical (unpaired) electrons. The molecule has 4 rings (SSSR count). The number of piperidine rings is 1. The Morgan fingerprint density at radius 2 is 1.81 bits per heavy atom. The molecule has 32 heavy (non-hydrogen) atoms. The van der Waals surface area contributed by atoms with Crippen LogP contribution in [-0.4, -0.2) is 75.5 Å². The van der Waals surface area contributed by atoms with Gasteiger partial charge in [0.2, 0.25) is 5.95 Å². The second-order valence-electron chi connectivity index (χ2n) is 7.59. The van der Waals surface area contributed by atoms with Crippen molar-refractivity contribution in [2.24, 2.45) is 0 Å². The molecule has 2 aliphatic heterocycles. The lowest BCUT2D eigenvalue weighted by Gasteiger charge is -2.47. The number of rotatable bonds is 3. The van der Waals surface area contributed by atoms with E-state index in [2.05, 4.69) is 30.8 Å². The zero-order chi connectivity index (χ0) is 23.2. The average Bonchev–Trinajstić information content (AvgIpc) is 2.77. The van der Waals surface area contributed by atoms with Crippen LogP contribution < -0.4 is 4.90 Å². The zero-order valence-electron chi connectivity index (χ0n) is 17.1. The molecule has 4 heterocycles. The molecule has 2 aromatic rings. The number of aromatic nitrogens is 3. The molecule has 2 aliphatic rings. The Morgan fingerprint density at radius 3 is 2.38 bits per heavy atom. The first kappa shape index (κ1) is 23.8. The first-order chi connectivity index (χ1) is 15.2. The van der Waals surface area contributed by atoms with Crippen LogP contribution in [0.3, 0.4) is 0 Å². The van der Waals surface area contributed by atoms with Gasteiger partial charge in [-0.25, -0.2) is 19.2 Å². The summed E-state index contributed by atoms with van der Waals surface area (Å²) in [6, 6.07) is 4.09. The fourth-order valence-corrected chi connectivity index (χ4v) is 3.66. The van der Waals surface area contributed by atoms with Gasteiger partial charge >= 0.3 is 12.1 Å². The highest BCUT2D eigenvalue weighted by atomic mass is 19.4. The lowest BCUT2D eigenvalue weighted by atomic mass is 9.89. The van der Waals surface area contributed by atoms with Gasteiger partial charge in [0, 0.05) is 38.6 Å². The Labute approximate surface area is 181 Å². The molecule has 0 atom stereocenters. The summed E-state index contributed by atoms with van der Waals surface area (Å²) in [6.45, 7) is 5.07. The minimum atomic E-state index is -5.08. The number of carbonyl (C=O) groups is 1. The maximum absolute atomic E-state index is 13.0. The summed E-state index contributed by atoms with van der Waals surface area (Å²) in [6.07, 6.45) is 3.05. The van der Waals surface area contributed by atoms with Crippen LogP contribution in [0.4, 0.5) is 23.5 Å². The zero-order valence-corrected chi connectivity index (χ0v) is 17.1. The third-order valence-electron chi connectivity index (χ3n) is 5.28. The van der Waals surface area contributed by atoms with E-state index in [-0.39, 0.29) is 5.60 Å². The molecular formula is C20H23F4N5O3. The van der Waals surface area contributed by atoms with E-state index in [1.165, 1.54) is 18.0 Å². The lowest BCUT2D eigenvalue weighted by molar-refractivity contribution is -0.192. The Balaban J connectivity index is 0.000000360. The molecule has 1 spiro atoms. The average molecular weight is 457 g/mol. The van der Waals surface area contributed by atoms with Crippen molar-refractivity contribution in [3.8, 4) is 0 Å². The Hall–Kier alpha value is -2.86. The van der Waals surface area contributed by atoms with Crippen molar-refractivity contribution in [1.29, 1.82) is 0 Å². The number of anilines is 1. The smallest absolute Gasteiger partial charge is 0.475 e. The van der Waals surface area contributed by atoms with Crippen LogP contribution in [0.25, 0.3) is 0 Å². The van der Waals surface area contributed by atoms with E-state index in [0.29, 0.717) is 12.6 Å². The van der Waals surface area contributed by atoms with Gasteiger partial charge in [0.1, 0.15) is 0 Å². The Kier molecular flexibility index (Phi) is 7.56. The molecule has 2 aromatic heterocycles. The van der Waals surface area contributed by atoms with Gasteiger partial charge in [-0.05, 0) is 24.5 Å². The predicted octanol–water partition coefficient (Wildman–Crippen LogP) is 2.52. The van der Waals surface area contributed by atoms with Crippen LogP contribution in [0.2, 0.25) is 0 Å². The normalized spacial score (nSPS) is 18.7. The van der Waals surface area contributed by atoms with Gasteiger partial charge in [0.25, 0.3) is 0 Å². The Bertz CT molecular complexity index is 875. The fourth-order valence-electron chi connectivity index (χ4n) is 3.66. The first-order valence-electron chi connectivity index (χ1n) is 9.95. The SMILES string of the molecule is Fc1cnc(N2CCOC3(CCN(Cc4cccnc4)CC3)C2)nc1.O=C(O)C(F)(F)F. The highest BCUT2D eigenvalue weighted by molar-refractivity contribution is 5.73. The van der Waals surface area contributed by atoms with Crippen molar-refractivity contribution in [3.05, 3.63) is 48.3 Å². The number of likely N-dealkylation sites (tertiary alicyclic amines) is 1. The monoisotopic (exact) mass is 457 g/mol. The van der Waals surface area contributed by atoms with Gasteiger partial charge in [0.15, 0.2) is 5.82 Å². The molecule has 12 heteroatoms. The van der Waals surface area contributed by atoms with E-state index in [0.717, 1.165) is 45.6 Å². The highest BCUT2D eigenvalue weighted by Gasteiger charge is 2.40. The number of aliphatic carboxylic acids is 1. The minimum Gasteiger partial charge on any atom is -0.475 e. The number of halogens is 4. The largest absolute Gasteiger partial charge is 0.490 e. The number of pyridine rings is 1.